The number of hydrogen-bond donors (Lipinski definition) is 1. The molecule has 1 aliphatic heterocycles. The molecule has 0 saturated heterocycles. The molecule has 1 N–H and O–H groups in total. The fraction of sp³-hybridized carbons (Fsp3) is 0.562. The smallest absolute Gasteiger partial charge is 0.157 e. The Morgan fingerprint density at radius 1 is 1.30 bits per heavy atom. The van der Waals surface area contributed by atoms with Crippen LogP contribution in [-0.4, -0.2) is 17.0 Å². The number of rotatable bonds is 5. The van der Waals surface area contributed by atoms with Gasteiger partial charge in [-0.15, -0.1) is 0 Å². The lowest BCUT2D eigenvalue weighted by Gasteiger charge is -2.20. The molecule has 0 saturated carbocycles. The standard InChI is InChI=1S/C16H23FN2S/c1-4-12(5-2)15-10-18-16(20-15)19-11(3)13-6-8-14(17)9-7-13/h6-9,11-12,15H,4-5,10H2,1-3H3,(H,18,19). The molecule has 0 radical (unpaired) electrons. The maximum Gasteiger partial charge on any atom is 0.157 e. The van der Waals surface area contributed by atoms with E-state index in [0.29, 0.717) is 5.25 Å². The lowest BCUT2D eigenvalue weighted by atomic mass is 9.99. The molecule has 0 spiro atoms. The minimum absolute atomic E-state index is 0.155. The van der Waals surface area contributed by atoms with Gasteiger partial charge in [0.2, 0.25) is 0 Å². The van der Waals surface area contributed by atoms with Crippen molar-refractivity contribution in [3.63, 3.8) is 0 Å². The fourth-order valence-electron chi connectivity index (χ4n) is 2.55. The summed E-state index contributed by atoms with van der Waals surface area (Å²) in [4.78, 5) is 4.61. The first kappa shape index (κ1) is 15.4. The van der Waals surface area contributed by atoms with Gasteiger partial charge >= 0.3 is 0 Å². The predicted octanol–water partition coefficient (Wildman–Crippen LogP) is 4.38. The predicted molar refractivity (Wildman–Crippen MR) is 85.7 cm³/mol. The van der Waals surface area contributed by atoms with Gasteiger partial charge in [-0.2, -0.15) is 0 Å². The number of aliphatic imine (C=N–C) groups is 1. The molecule has 0 aromatic heterocycles. The molecule has 1 aromatic carbocycles. The molecule has 110 valence electrons. The summed E-state index contributed by atoms with van der Waals surface area (Å²) in [5, 5.41) is 5.07. The summed E-state index contributed by atoms with van der Waals surface area (Å²) in [5.41, 5.74) is 1.08. The van der Waals surface area contributed by atoms with E-state index in [9.17, 15) is 4.39 Å². The monoisotopic (exact) mass is 294 g/mol. The second kappa shape index (κ2) is 7.11. The largest absolute Gasteiger partial charge is 0.358 e. The van der Waals surface area contributed by atoms with Crippen LogP contribution in [0.1, 0.15) is 45.2 Å². The van der Waals surface area contributed by atoms with E-state index in [-0.39, 0.29) is 11.9 Å². The Morgan fingerprint density at radius 3 is 2.55 bits per heavy atom. The maximum atomic E-state index is 12.9. The highest BCUT2D eigenvalue weighted by molar-refractivity contribution is 8.14. The third kappa shape index (κ3) is 3.75. The first-order chi connectivity index (χ1) is 9.63. The van der Waals surface area contributed by atoms with E-state index >= 15 is 0 Å². The first-order valence-electron chi connectivity index (χ1n) is 7.37. The molecule has 1 aliphatic rings. The average molecular weight is 294 g/mol. The van der Waals surface area contributed by atoms with E-state index in [1.807, 2.05) is 23.9 Å². The molecule has 2 unspecified atom stereocenters. The highest BCUT2D eigenvalue weighted by Crippen LogP contribution is 2.31. The second-order valence-corrected chi connectivity index (χ2v) is 6.52. The van der Waals surface area contributed by atoms with E-state index < -0.39 is 0 Å². The van der Waals surface area contributed by atoms with E-state index in [4.69, 9.17) is 0 Å². The average Bonchev–Trinajstić information content (AvgIpc) is 2.89. The first-order valence-corrected chi connectivity index (χ1v) is 8.25. The van der Waals surface area contributed by atoms with Crippen molar-refractivity contribution >= 4 is 16.9 Å². The molecule has 2 rings (SSSR count). The van der Waals surface area contributed by atoms with Crippen LogP contribution in [0, 0.1) is 11.7 Å². The van der Waals surface area contributed by atoms with E-state index in [0.717, 1.165) is 23.2 Å². The number of nitrogens with one attached hydrogen (secondary N) is 1. The lowest BCUT2D eigenvalue weighted by molar-refractivity contribution is 0.479. The topological polar surface area (TPSA) is 24.4 Å². The zero-order valence-electron chi connectivity index (χ0n) is 12.4. The van der Waals surface area contributed by atoms with E-state index in [2.05, 4.69) is 31.1 Å². The molecule has 20 heavy (non-hydrogen) atoms. The molecule has 2 atom stereocenters. The molecular formula is C16H23FN2S. The van der Waals surface area contributed by atoms with Gasteiger partial charge in [0.1, 0.15) is 5.82 Å². The van der Waals surface area contributed by atoms with Gasteiger partial charge in [0.05, 0.1) is 12.6 Å². The van der Waals surface area contributed by atoms with Gasteiger partial charge in [-0.25, -0.2) is 4.39 Å². The molecule has 0 bridgehead atoms. The third-order valence-corrected chi connectivity index (χ3v) is 5.27. The van der Waals surface area contributed by atoms with Gasteiger partial charge in [0.25, 0.3) is 0 Å². The zero-order valence-corrected chi connectivity index (χ0v) is 13.2. The minimum atomic E-state index is -0.192. The lowest BCUT2D eigenvalue weighted by Crippen LogP contribution is -2.24. The molecule has 1 heterocycles. The van der Waals surface area contributed by atoms with Crippen molar-refractivity contribution in [2.45, 2.75) is 44.9 Å². The summed E-state index contributed by atoms with van der Waals surface area (Å²) >= 11 is 1.86. The SMILES string of the molecule is CCC(CC)C1CN=C(NC(C)c2ccc(F)cc2)S1. The van der Waals surface area contributed by atoms with Crippen molar-refractivity contribution < 1.29 is 4.39 Å². The van der Waals surface area contributed by atoms with Gasteiger partial charge in [0.15, 0.2) is 5.17 Å². The van der Waals surface area contributed by atoms with Crippen LogP contribution in [0.3, 0.4) is 0 Å². The Hall–Kier alpha value is -1.03. The van der Waals surface area contributed by atoms with Gasteiger partial charge in [-0.1, -0.05) is 50.6 Å². The molecule has 0 aliphatic carbocycles. The highest BCUT2D eigenvalue weighted by Gasteiger charge is 2.26. The van der Waals surface area contributed by atoms with Crippen molar-refractivity contribution in [1.82, 2.24) is 5.32 Å². The fourth-order valence-corrected chi connectivity index (χ4v) is 3.96. The van der Waals surface area contributed by atoms with Crippen LogP contribution >= 0.6 is 11.8 Å². The number of amidine groups is 1. The van der Waals surface area contributed by atoms with E-state index in [1.54, 1.807) is 0 Å². The van der Waals surface area contributed by atoms with Crippen molar-refractivity contribution in [3.8, 4) is 0 Å². The third-order valence-electron chi connectivity index (χ3n) is 3.96. The van der Waals surface area contributed by atoms with Crippen LogP contribution in [-0.2, 0) is 0 Å². The van der Waals surface area contributed by atoms with Crippen molar-refractivity contribution in [2.75, 3.05) is 6.54 Å². The number of hydrogen-bond acceptors (Lipinski definition) is 3. The Labute approximate surface area is 125 Å². The maximum absolute atomic E-state index is 12.9. The molecule has 4 heteroatoms. The normalized spacial score (nSPS) is 20.1. The van der Waals surface area contributed by atoms with E-state index in [1.165, 1.54) is 25.0 Å². The van der Waals surface area contributed by atoms with Gasteiger partial charge in [0, 0.05) is 5.25 Å². The summed E-state index contributed by atoms with van der Waals surface area (Å²) in [6.45, 7) is 7.50. The molecular weight excluding hydrogens is 271 g/mol. The summed E-state index contributed by atoms with van der Waals surface area (Å²) in [7, 11) is 0. The Kier molecular flexibility index (Phi) is 5.46. The quantitative estimate of drug-likeness (QED) is 0.871. The van der Waals surface area contributed by atoms with Gasteiger partial charge < -0.3 is 5.32 Å². The molecule has 0 amide bonds. The molecule has 2 nitrogen and oxygen atoms in total. The number of benzene rings is 1. The van der Waals surface area contributed by atoms with Crippen molar-refractivity contribution in [2.24, 2.45) is 10.9 Å². The van der Waals surface area contributed by atoms with Crippen LogP contribution in [0.15, 0.2) is 29.3 Å². The zero-order chi connectivity index (χ0) is 14.5. The van der Waals surface area contributed by atoms with Crippen molar-refractivity contribution in [1.29, 1.82) is 0 Å². The Balaban J connectivity index is 1.90. The van der Waals surface area contributed by atoms with Gasteiger partial charge in [-0.3, -0.25) is 4.99 Å². The number of thioether (sulfide) groups is 1. The van der Waals surface area contributed by atoms with Crippen LogP contribution in [0.2, 0.25) is 0 Å². The van der Waals surface area contributed by atoms with Crippen molar-refractivity contribution in [3.05, 3.63) is 35.6 Å². The highest BCUT2D eigenvalue weighted by atomic mass is 32.2. The summed E-state index contributed by atoms with van der Waals surface area (Å²) < 4.78 is 12.9. The van der Waals surface area contributed by atoms with Crippen LogP contribution in [0.5, 0.6) is 0 Å². The number of halogens is 1. The van der Waals surface area contributed by atoms with Crippen LogP contribution < -0.4 is 5.32 Å². The number of nitrogens with zero attached hydrogens (tertiary/aromatic N) is 1. The Bertz CT molecular complexity index is 454. The Morgan fingerprint density at radius 2 is 1.95 bits per heavy atom. The summed E-state index contributed by atoms with van der Waals surface area (Å²) in [6, 6.07) is 6.81. The summed E-state index contributed by atoms with van der Waals surface area (Å²) in [6.07, 6.45) is 2.43. The molecule has 0 fully saturated rings. The minimum Gasteiger partial charge on any atom is -0.358 e. The van der Waals surface area contributed by atoms with Crippen LogP contribution in [0.25, 0.3) is 0 Å². The molecule has 1 aromatic rings. The second-order valence-electron chi connectivity index (χ2n) is 5.30. The van der Waals surface area contributed by atoms with Gasteiger partial charge in [-0.05, 0) is 30.5 Å². The summed E-state index contributed by atoms with van der Waals surface area (Å²) in [5.74, 6) is 0.548. The van der Waals surface area contributed by atoms with Crippen LogP contribution in [0.4, 0.5) is 4.39 Å².